The number of rotatable bonds is 5. The summed E-state index contributed by atoms with van der Waals surface area (Å²) >= 11 is 1.33. The third kappa shape index (κ3) is 3.23. The van der Waals surface area contributed by atoms with Gasteiger partial charge in [0.05, 0.1) is 16.8 Å². The van der Waals surface area contributed by atoms with Gasteiger partial charge >= 0.3 is 0 Å². The van der Waals surface area contributed by atoms with Crippen LogP contribution < -0.4 is 0 Å². The highest BCUT2D eigenvalue weighted by Crippen LogP contribution is 2.26. The van der Waals surface area contributed by atoms with Crippen molar-refractivity contribution in [3.63, 3.8) is 0 Å². The first-order chi connectivity index (χ1) is 12.0. The van der Waals surface area contributed by atoms with Crippen molar-refractivity contribution in [3.8, 4) is 6.07 Å². The van der Waals surface area contributed by atoms with E-state index in [-0.39, 0.29) is 23.1 Å². The first kappa shape index (κ1) is 17.0. The van der Waals surface area contributed by atoms with Crippen LogP contribution >= 0.6 is 11.8 Å². The van der Waals surface area contributed by atoms with Gasteiger partial charge in [-0.05, 0) is 26.0 Å². The molecule has 0 bridgehead atoms. The van der Waals surface area contributed by atoms with Crippen molar-refractivity contribution < 1.29 is 5.11 Å². The van der Waals surface area contributed by atoms with Crippen molar-refractivity contribution in [2.24, 2.45) is 7.05 Å². The number of imidazole rings is 1. The Labute approximate surface area is 149 Å². The fraction of sp³-hybridized carbons (Fsp3) is 0.294. The molecule has 2 aromatic heterocycles. The van der Waals surface area contributed by atoms with Crippen molar-refractivity contribution in [1.82, 2.24) is 24.3 Å². The zero-order valence-corrected chi connectivity index (χ0v) is 15.0. The molecule has 0 saturated carbocycles. The number of aromatic nitrogens is 5. The molecule has 0 amide bonds. The number of benzene rings is 1. The fourth-order valence-electron chi connectivity index (χ4n) is 2.51. The summed E-state index contributed by atoms with van der Waals surface area (Å²) in [6.45, 7) is 4.06. The van der Waals surface area contributed by atoms with Gasteiger partial charge in [-0.2, -0.15) is 5.26 Å². The van der Waals surface area contributed by atoms with Crippen LogP contribution in [0, 0.1) is 11.3 Å². The van der Waals surface area contributed by atoms with E-state index in [1.807, 2.05) is 54.3 Å². The molecule has 8 heteroatoms. The predicted octanol–water partition coefficient (Wildman–Crippen LogP) is 3.33. The normalized spacial score (nSPS) is 12.4. The number of aliphatic hydroxyl groups excluding tert-OH is 1. The second-order valence-electron chi connectivity index (χ2n) is 5.82. The van der Waals surface area contributed by atoms with E-state index >= 15 is 0 Å². The third-order valence-electron chi connectivity index (χ3n) is 3.85. The van der Waals surface area contributed by atoms with Gasteiger partial charge in [0, 0.05) is 13.1 Å². The highest BCUT2D eigenvalue weighted by molar-refractivity contribution is 7.99. The second kappa shape index (κ2) is 6.99. The summed E-state index contributed by atoms with van der Waals surface area (Å²) in [6, 6.07) is 9.91. The monoisotopic (exact) mass is 354 g/mol. The number of nitriles is 1. The predicted molar refractivity (Wildman–Crippen MR) is 97.0 cm³/mol. The van der Waals surface area contributed by atoms with E-state index in [1.165, 1.54) is 11.8 Å². The summed E-state index contributed by atoms with van der Waals surface area (Å²) in [5, 5.41) is 28.7. The molecule has 0 aliphatic carbocycles. The average Bonchev–Trinajstić information content (AvgIpc) is 3.20. The van der Waals surface area contributed by atoms with Gasteiger partial charge < -0.3 is 14.2 Å². The molecule has 1 aromatic carbocycles. The van der Waals surface area contributed by atoms with Crippen molar-refractivity contribution in [3.05, 3.63) is 42.2 Å². The number of hydrogen-bond acceptors (Lipinski definition) is 6. The van der Waals surface area contributed by atoms with Gasteiger partial charge in [0.2, 0.25) is 0 Å². The van der Waals surface area contributed by atoms with Crippen molar-refractivity contribution in [2.45, 2.75) is 25.0 Å². The van der Waals surface area contributed by atoms with Crippen LogP contribution in [0.2, 0.25) is 0 Å². The van der Waals surface area contributed by atoms with E-state index in [1.54, 1.807) is 6.33 Å². The average molecular weight is 354 g/mol. The Kier molecular flexibility index (Phi) is 4.76. The Balaban J connectivity index is 1.91. The molecule has 128 valence electrons. The standard InChI is InChI=1S/C17H18N6OS/c1-11(2)23-10-19-21-17(23)25-9-15(24)12(8-18)16-20-13-6-4-5-7-14(13)22(16)3/h4-7,10-11,24H,9H2,1-3H3/b15-12-. The molecule has 0 radical (unpaired) electrons. The Hall–Kier alpha value is -2.79. The molecule has 7 nitrogen and oxygen atoms in total. The zero-order chi connectivity index (χ0) is 18.0. The molecule has 0 unspecified atom stereocenters. The SMILES string of the molecule is CC(C)n1cnnc1SC/C(O)=C(\C#N)c1nc2ccccc2n1C. The minimum absolute atomic E-state index is 0.0239. The summed E-state index contributed by atoms with van der Waals surface area (Å²) in [4.78, 5) is 4.48. The minimum Gasteiger partial charge on any atom is -0.510 e. The van der Waals surface area contributed by atoms with Crippen molar-refractivity contribution >= 4 is 28.4 Å². The van der Waals surface area contributed by atoms with Crippen LogP contribution in [0.1, 0.15) is 25.7 Å². The summed E-state index contributed by atoms with van der Waals surface area (Å²) in [7, 11) is 1.83. The lowest BCUT2D eigenvalue weighted by Crippen LogP contribution is -2.03. The second-order valence-corrected chi connectivity index (χ2v) is 6.76. The van der Waals surface area contributed by atoms with Gasteiger partial charge in [-0.3, -0.25) is 0 Å². The Morgan fingerprint density at radius 2 is 2.12 bits per heavy atom. The number of allylic oxidation sites excluding steroid dienone is 1. The summed E-state index contributed by atoms with van der Waals surface area (Å²) < 4.78 is 3.73. The van der Waals surface area contributed by atoms with Crippen LogP contribution in [-0.2, 0) is 7.05 Å². The van der Waals surface area contributed by atoms with Crippen molar-refractivity contribution in [1.29, 1.82) is 5.26 Å². The Bertz CT molecular complexity index is 979. The van der Waals surface area contributed by atoms with Crippen LogP contribution in [-0.4, -0.2) is 35.2 Å². The van der Waals surface area contributed by atoms with Gasteiger partial charge in [-0.25, -0.2) is 4.98 Å². The molecule has 0 saturated heterocycles. The van der Waals surface area contributed by atoms with Crippen molar-refractivity contribution in [2.75, 3.05) is 5.75 Å². The number of aryl methyl sites for hydroxylation is 1. The minimum atomic E-state index is -0.0239. The Morgan fingerprint density at radius 1 is 1.36 bits per heavy atom. The van der Waals surface area contributed by atoms with E-state index in [9.17, 15) is 10.4 Å². The molecule has 3 rings (SSSR count). The van der Waals surface area contributed by atoms with Crippen LogP contribution in [0.25, 0.3) is 16.6 Å². The maximum absolute atomic E-state index is 10.5. The molecule has 1 N–H and O–H groups in total. The quantitative estimate of drug-likeness (QED) is 0.429. The van der Waals surface area contributed by atoms with Crippen LogP contribution in [0.4, 0.5) is 0 Å². The topological polar surface area (TPSA) is 92.5 Å². The van der Waals surface area contributed by atoms with Crippen LogP contribution in [0.3, 0.4) is 0 Å². The van der Waals surface area contributed by atoms with E-state index < -0.39 is 0 Å². The fourth-order valence-corrected chi connectivity index (χ4v) is 3.43. The lowest BCUT2D eigenvalue weighted by atomic mass is 10.2. The summed E-state index contributed by atoms with van der Waals surface area (Å²) in [6.07, 6.45) is 1.66. The molecule has 25 heavy (non-hydrogen) atoms. The van der Waals surface area contributed by atoms with Gasteiger partial charge in [-0.1, -0.05) is 23.9 Å². The number of para-hydroxylation sites is 2. The van der Waals surface area contributed by atoms with Gasteiger partial charge in [-0.15, -0.1) is 10.2 Å². The molecule has 0 fully saturated rings. The maximum Gasteiger partial charge on any atom is 0.191 e. The highest BCUT2D eigenvalue weighted by atomic mass is 32.2. The maximum atomic E-state index is 10.5. The van der Waals surface area contributed by atoms with Gasteiger partial charge in [0.15, 0.2) is 11.0 Å². The molecule has 0 spiro atoms. The zero-order valence-electron chi connectivity index (χ0n) is 14.2. The molecule has 0 aliphatic heterocycles. The summed E-state index contributed by atoms with van der Waals surface area (Å²) in [5.41, 5.74) is 1.86. The number of aliphatic hydroxyl groups is 1. The van der Waals surface area contributed by atoms with Gasteiger partial charge in [0.1, 0.15) is 23.7 Å². The molecular weight excluding hydrogens is 336 g/mol. The van der Waals surface area contributed by atoms with E-state index in [2.05, 4.69) is 21.3 Å². The number of hydrogen-bond donors (Lipinski definition) is 1. The Morgan fingerprint density at radius 3 is 2.80 bits per heavy atom. The molecule has 3 aromatic rings. The molecular formula is C17H18N6OS. The largest absolute Gasteiger partial charge is 0.510 e. The van der Waals surface area contributed by atoms with E-state index in [0.29, 0.717) is 11.0 Å². The van der Waals surface area contributed by atoms with E-state index in [0.717, 1.165) is 11.0 Å². The van der Waals surface area contributed by atoms with Crippen LogP contribution in [0.5, 0.6) is 0 Å². The molecule has 2 heterocycles. The molecule has 0 aliphatic rings. The number of nitrogens with zero attached hydrogens (tertiary/aromatic N) is 6. The smallest absolute Gasteiger partial charge is 0.191 e. The highest BCUT2D eigenvalue weighted by Gasteiger charge is 2.17. The number of thioether (sulfide) groups is 1. The lowest BCUT2D eigenvalue weighted by Gasteiger charge is -2.09. The lowest BCUT2D eigenvalue weighted by molar-refractivity contribution is 0.420. The summed E-state index contributed by atoms with van der Waals surface area (Å²) in [5.74, 6) is 0.647. The first-order valence-corrected chi connectivity index (χ1v) is 8.77. The first-order valence-electron chi connectivity index (χ1n) is 7.79. The van der Waals surface area contributed by atoms with E-state index in [4.69, 9.17) is 0 Å². The third-order valence-corrected chi connectivity index (χ3v) is 4.81. The van der Waals surface area contributed by atoms with Gasteiger partial charge in [0.25, 0.3) is 0 Å². The number of fused-ring (bicyclic) bond motifs is 1. The molecule has 0 atom stereocenters. The van der Waals surface area contributed by atoms with Crippen LogP contribution in [0.15, 0.2) is 41.5 Å².